The first kappa shape index (κ1) is 9.15. The summed E-state index contributed by atoms with van der Waals surface area (Å²) >= 11 is 0. The Morgan fingerprint density at radius 3 is 1.82 bits per heavy atom. The number of Topliss-reactive ketones (excluding diaryl/α,β-unsaturated/α-hetero) is 1. The first-order chi connectivity index (χ1) is 4.85. The van der Waals surface area contributed by atoms with E-state index in [2.05, 4.69) is 14.5 Å². The van der Waals surface area contributed by atoms with E-state index in [9.17, 15) is 4.79 Å². The zero-order chi connectivity index (χ0) is 8.86. The van der Waals surface area contributed by atoms with E-state index in [0.29, 0.717) is 5.78 Å². The number of rotatable bonds is 1. The van der Waals surface area contributed by atoms with Gasteiger partial charge in [-0.05, 0) is 0 Å². The molecule has 0 aromatic carbocycles. The molecule has 0 bridgehead atoms. The molecule has 0 aromatic heterocycles. The second-order valence-corrected chi connectivity index (χ2v) is 4.71. The van der Waals surface area contributed by atoms with Gasteiger partial charge in [-0.2, -0.15) is 0 Å². The van der Waals surface area contributed by atoms with Crippen LogP contribution in [0.4, 0.5) is 0 Å². The molecule has 64 valence electrons. The second-order valence-electron chi connectivity index (χ2n) is 4.37. The minimum atomic E-state index is -0.189. The van der Waals surface area contributed by atoms with Crippen LogP contribution in [-0.4, -0.2) is 11.8 Å². The Labute approximate surface area is 70.4 Å². The topological polar surface area (TPSA) is 29.1 Å². The lowest BCUT2D eigenvalue weighted by molar-refractivity contribution is -0.156. The van der Waals surface area contributed by atoms with Crippen LogP contribution in [0.5, 0.6) is 0 Å². The summed E-state index contributed by atoms with van der Waals surface area (Å²) in [6.45, 7) is 7.95. The third kappa shape index (κ3) is 0.962. The summed E-state index contributed by atoms with van der Waals surface area (Å²) in [5.41, 5.74) is -0.378. The molecular weight excluding hydrogens is 157 g/mol. The standard InChI is InChI=1S/C8H16NOP/c1-7(2)5(9-11)8(3,4)6(7)10/h5,9H,11H2,1-4H3. The van der Waals surface area contributed by atoms with Crippen LogP contribution >= 0.6 is 9.39 Å². The highest BCUT2D eigenvalue weighted by atomic mass is 31.0. The maximum Gasteiger partial charge on any atom is 0.147 e. The van der Waals surface area contributed by atoms with Gasteiger partial charge in [0.1, 0.15) is 5.78 Å². The molecule has 0 heterocycles. The van der Waals surface area contributed by atoms with Crippen LogP contribution in [0.3, 0.4) is 0 Å². The van der Waals surface area contributed by atoms with Crippen molar-refractivity contribution in [2.24, 2.45) is 10.8 Å². The van der Waals surface area contributed by atoms with Crippen molar-refractivity contribution in [2.75, 3.05) is 0 Å². The number of carbonyl (C=O) groups excluding carboxylic acids is 1. The minimum absolute atomic E-state index is 0.189. The van der Waals surface area contributed by atoms with Crippen LogP contribution < -0.4 is 5.09 Å². The number of ketones is 1. The van der Waals surface area contributed by atoms with Gasteiger partial charge in [-0.25, -0.2) is 0 Å². The van der Waals surface area contributed by atoms with Crippen molar-refractivity contribution < 1.29 is 4.79 Å². The van der Waals surface area contributed by atoms with Crippen molar-refractivity contribution in [3.05, 3.63) is 0 Å². The van der Waals surface area contributed by atoms with Crippen molar-refractivity contribution in [2.45, 2.75) is 33.7 Å². The monoisotopic (exact) mass is 173 g/mol. The number of hydrogen-bond donors (Lipinski definition) is 1. The highest BCUT2D eigenvalue weighted by Gasteiger charge is 2.60. The lowest BCUT2D eigenvalue weighted by atomic mass is 9.51. The average Bonchev–Trinajstić information content (AvgIpc) is 1.86. The smallest absolute Gasteiger partial charge is 0.147 e. The average molecular weight is 173 g/mol. The van der Waals surface area contributed by atoms with Crippen LogP contribution in [0.15, 0.2) is 0 Å². The third-order valence-corrected chi connectivity index (χ3v) is 3.11. The molecule has 1 aliphatic carbocycles. The highest BCUT2D eigenvalue weighted by molar-refractivity contribution is 7.13. The lowest BCUT2D eigenvalue weighted by Crippen LogP contribution is -2.68. The Kier molecular flexibility index (Phi) is 1.89. The Balaban J connectivity index is 2.88. The molecule has 0 amide bonds. The number of nitrogens with one attached hydrogen (secondary N) is 1. The molecule has 1 atom stereocenters. The largest absolute Gasteiger partial charge is 0.298 e. The molecule has 0 aromatic rings. The summed E-state index contributed by atoms with van der Waals surface area (Å²) in [5.74, 6) is 0.352. The van der Waals surface area contributed by atoms with Crippen LogP contribution in [0, 0.1) is 10.8 Å². The molecule has 0 aliphatic heterocycles. The van der Waals surface area contributed by atoms with Crippen molar-refractivity contribution in [1.82, 2.24) is 5.09 Å². The first-order valence-corrected chi connectivity index (χ1v) is 4.44. The van der Waals surface area contributed by atoms with Gasteiger partial charge < -0.3 is 0 Å². The molecule has 3 heteroatoms. The lowest BCUT2D eigenvalue weighted by Gasteiger charge is -2.55. The molecule has 1 fully saturated rings. The van der Waals surface area contributed by atoms with E-state index in [4.69, 9.17) is 0 Å². The van der Waals surface area contributed by atoms with E-state index in [1.807, 2.05) is 27.7 Å². The van der Waals surface area contributed by atoms with Gasteiger partial charge in [-0.15, -0.1) is 0 Å². The van der Waals surface area contributed by atoms with Crippen LogP contribution in [0.1, 0.15) is 27.7 Å². The predicted molar refractivity (Wildman–Crippen MR) is 49.2 cm³/mol. The quantitative estimate of drug-likeness (QED) is 0.607. The summed E-state index contributed by atoms with van der Waals surface area (Å²) in [6, 6.07) is 0.285. The molecule has 1 saturated carbocycles. The fraction of sp³-hybridized carbons (Fsp3) is 0.875. The predicted octanol–water partition coefficient (Wildman–Crippen LogP) is 1.37. The molecular formula is C8H16NOP. The molecule has 1 unspecified atom stereocenters. The van der Waals surface area contributed by atoms with E-state index >= 15 is 0 Å². The molecule has 1 N–H and O–H groups in total. The Bertz CT molecular complexity index is 180. The van der Waals surface area contributed by atoms with Gasteiger partial charge >= 0.3 is 0 Å². The van der Waals surface area contributed by atoms with Gasteiger partial charge in [0, 0.05) is 16.9 Å². The summed E-state index contributed by atoms with van der Waals surface area (Å²) in [7, 11) is 2.49. The van der Waals surface area contributed by atoms with Gasteiger partial charge in [0.25, 0.3) is 0 Å². The Morgan fingerprint density at radius 1 is 1.27 bits per heavy atom. The van der Waals surface area contributed by atoms with Crippen molar-refractivity contribution >= 4 is 15.2 Å². The Morgan fingerprint density at radius 2 is 1.64 bits per heavy atom. The van der Waals surface area contributed by atoms with Crippen LogP contribution in [0.25, 0.3) is 0 Å². The van der Waals surface area contributed by atoms with E-state index in [-0.39, 0.29) is 16.9 Å². The van der Waals surface area contributed by atoms with Crippen molar-refractivity contribution in [3.63, 3.8) is 0 Å². The van der Waals surface area contributed by atoms with Crippen LogP contribution in [0.2, 0.25) is 0 Å². The normalized spacial score (nSPS) is 28.3. The molecule has 11 heavy (non-hydrogen) atoms. The zero-order valence-electron chi connectivity index (χ0n) is 7.56. The summed E-state index contributed by atoms with van der Waals surface area (Å²) in [4.78, 5) is 11.5. The van der Waals surface area contributed by atoms with E-state index in [0.717, 1.165) is 0 Å². The molecule has 0 radical (unpaired) electrons. The third-order valence-electron chi connectivity index (χ3n) is 2.78. The second kappa shape index (κ2) is 2.27. The van der Waals surface area contributed by atoms with E-state index in [1.165, 1.54) is 0 Å². The molecule has 0 spiro atoms. The van der Waals surface area contributed by atoms with Crippen LogP contribution in [-0.2, 0) is 4.79 Å². The van der Waals surface area contributed by atoms with Gasteiger partial charge in [0.2, 0.25) is 0 Å². The van der Waals surface area contributed by atoms with Gasteiger partial charge in [-0.1, -0.05) is 37.1 Å². The fourth-order valence-electron chi connectivity index (χ4n) is 2.33. The van der Waals surface area contributed by atoms with Gasteiger partial charge in [-0.3, -0.25) is 9.88 Å². The maximum absolute atomic E-state index is 11.5. The Hall–Kier alpha value is 0.0600. The molecule has 0 saturated heterocycles. The molecule has 1 rings (SSSR count). The van der Waals surface area contributed by atoms with Gasteiger partial charge in [0.05, 0.1) is 0 Å². The van der Waals surface area contributed by atoms with Crippen molar-refractivity contribution in [3.8, 4) is 0 Å². The summed E-state index contributed by atoms with van der Waals surface area (Å²) in [6.07, 6.45) is 0. The fourth-order valence-corrected chi connectivity index (χ4v) is 3.17. The number of carbonyl (C=O) groups is 1. The SMILES string of the molecule is CC1(C)C(=O)C(C)(C)C1NP. The van der Waals surface area contributed by atoms with Crippen molar-refractivity contribution in [1.29, 1.82) is 0 Å². The molecule has 1 aliphatic rings. The zero-order valence-corrected chi connectivity index (χ0v) is 8.72. The maximum atomic E-state index is 11.5. The summed E-state index contributed by atoms with van der Waals surface area (Å²) < 4.78 is 0. The molecule has 2 nitrogen and oxygen atoms in total. The highest BCUT2D eigenvalue weighted by Crippen LogP contribution is 2.50. The first-order valence-electron chi connectivity index (χ1n) is 3.86. The number of hydrogen-bond acceptors (Lipinski definition) is 2. The van der Waals surface area contributed by atoms with Gasteiger partial charge in [0.15, 0.2) is 0 Å². The van der Waals surface area contributed by atoms with E-state index in [1.54, 1.807) is 0 Å². The van der Waals surface area contributed by atoms with E-state index < -0.39 is 0 Å². The summed E-state index contributed by atoms with van der Waals surface area (Å²) in [5, 5.41) is 3.11. The minimum Gasteiger partial charge on any atom is -0.298 e.